The molecule has 0 unspecified atom stereocenters. The predicted octanol–water partition coefficient (Wildman–Crippen LogP) is -0.0635. The Balaban J connectivity index is 2.69. The van der Waals surface area contributed by atoms with Crippen molar-refractivity contribution in [2.75, 3.05) is 0 Å². The third-order valence-electron chi connectivity index (χ3n) is 1.93. The molecule has 1 aromatic rings. The summed E-state index contributed by atoms with van der Waals surface area (Å²) in [4.78, 5) is 11.0. The van der Waals surface area contributed by atoms with E-state index >= 15 is 0 Å². The van der Waals surface area contributed by atoms with Gasteiger partial charge in [-0.3, -0.25) is 0 Å². The van der Waals surface area contributed by atoms with Gasteiger partial charge in [-0.1, -0.05) is 0 Å². The molecule has 1 N–H and O–H groups in total. The van der Waals surface area contributed by atoms with Crippen LogP contribution in [0.5, 0.6) is 0 Å². The fourth-order valence-corrected chi connectivity index (χ4v) is 8.85. The van der Waals surface area contributed by atoms with E-state index in [2.05, 4.69) is 5.73 Å². The summed E-state index contributed by atoms with van der Waals surface area (Å²) >= 11 is 0. The molecule has 1 aromatic carbocycles. The van der Waals surface area contributed by atoms with Gasteiger partial charge < -0.3 is 0 Å². The molecule has 11 heavy (non-hydrogen) atoms. The molecule has 0 atom stereocenters. The molecule has 0 bridgehead atoms. The van der Waals surface area contributed by atoms with Gasteiger partial charge in [-0.15, -0.1) is 0 Å². The first-order chi connectivity index (χ1) is 5.29. The van der Waals surface area contributed by atoms with E-state index in [4.69, 9.17) is 0 Å². The van der Waals surface area contributed by atoms with Gasteiger partial charge in [0.1, 0.15) is 0 Å². The van der Waals surface area contributed by atoms with Crippen molar-refractivity contribution in [1.82, 2.24) is 5.73 Å². The van der Waals surface area contributed by atoms with Crippen LogP contribution in [0.4, 0.5) is 0 Å². The van der Waals surface area contributed by atoms with E-state index in [9.17, 15) is 10.3 Å². The molecule has 0 saturated carbocycles. The molecule has 52 valence electrons. The van der Waals surface area contributed by atoms with Gasteiger partial charge in [0, 0.05) is 0 Å². The molecule has 0 saturated heterocycles. The molecule has 0 spiro atoms. The van der Waals surface area contributed by atoms with Crippen LogP contribution in [0.15, 0.2) is 24.3 Å². The quantitative estimate of drug-likeness (QED) is 0.660. The molecule has 2 rings (SSSR count). The van der Waals surface area contributed by atoms with Crippen LogP contribution in [-0.2, 0) is 5.48 Å². The molecule has 0 aliphatic carbocycles. The van der Waals surface area contributed by atoms with Gasteiger partial charge in [-0.05, 0) is 0 Å². The van der Waals surface area contributed by atoms with Crippen LogP contribution in [0, 0.1) is 0 Å². The van der Waals surface area contributed by atoms with Gasteiger partial charge in [0.25, 0.3) is 0 Å². The Labute approximate surface area is 58.8 Å². The Morgan fingerprint density at radius 3 is 2.73 bits per heavy atom. The number of nitrogens with one attached hydrogen (secondary N) is 1. The minimum absolute atomic E-state index is 0.158. The second kappa shape index (κ2) is 1.50. The zero-order chi connectivity index (χ0) is 7.84. The first-order valence-electron chi connectivity index (χ1n) is 3.53. The molecular formula is C7H5DbNO2. The van der Waals surface area contributed by atoms with Crippen molar-refractivity contribution in [3.05, 3.63) is 29.8 Å². The van der Waals surface area contributed by atoms with Crippen LogP contribution in [0.1, 0.15) is 10.4 Å². The zero-order valence-corrected chi connectivity index (χ0v) is 12.3. The average Bonchev–Trinajstić information content (AvgIpc) is 2.30. The summed E-state index contributed by atoms with van der Waals surface area (Å²) in [6.45, 7) is 0. The summed E-state index contributed by atoms with van der Waals surface area (Å²) in [5, 5.41) is 0. The number of carbonyl (C=O) groups excluding carboxylic acids is 1. The molecule has 0 radical (unpaired) electrons. The van der Waals surface area contributed by atoms with Gasteiger partial charge in [-0.25, -0.2) is 0 Å². The standard InChI is InChI=1S/C7H6NO.Db.O/c8-7(9)6-4-2-1-3-5-6;;/h1-4H,(H2,8,9);;/q;+1;/p-1. The van der Waals surface area contributed by atoms with Crippen molar-refractivity contribution in [2.45, 2.75) is 0 Å². The fraction of sp³-hybridized carbons (Fsp3) is 0. The fourth-order valence-electron chi connectivity index (χ4n) is 1.36. The van der Waals surface area contributed by atoms with E-state index in [0.717, 1.165) is 6.07 Å². The third-order valence-corrected chi connectivity index (χ3v) is 10.8. The summed E-state index contributed by atoms with van der Waals surface area (Å²) in [7, 11) is 0. The number of carbonyl (C=O) groups is 1. The molecule has 1 amide bonds. The molecule has 4 heteroatoms. The molecule has 3 nitrogen and oxygen atoms in total. The van der Waals surface area contributed by atoms with Crippen molar-refractivity contribution < 1.29 is 10.3 Å². The number of hydrogen-bond donors (Lipinski definition) is 1. The van der Waals surface area contributed by atoms with Crippen molar-refractivity contribution in [1.29, 1.82) is 0 Å². The summed E-state index contributed by atoms with van der Waals surface area (Å²) in [5.74, 6) is -0.158. The molecule has 0 aromatic heterocycles. The van der Waals surface area contributed by atoms with Crippen LogP contribution >= 0.6 is 0 Å². The normalized spacial score (nSPS) is 14.5. The van der Waals surface area contributed by atoms with Gasteiger partial charge >= 0.3 is 57.8 Å². The summed E-state index contributed by atoms with van der Waals surface area (Å²) in [5.41, 5.74) is 14.4. The molecule has 1 heterocycles. The summed E-state index contributed by atoms with van der Waals surface area (Å²) < 4.78 is -3.26. The van der Waals surface area contributed by atoms with Crippen LogP contribution < -0.4 is 11.8 Å². The Bertz CT molecular complexity index is 315. The van der Waals surface area contributed by atoms with Crippen molar-refractivity contribution in [2.24, 2.45) is 0 Å². The van der Waals surface area contributed by atoms with Gasteiger partial charge in [-0.2, -0.15) is 0 Å². The molecule has 1 aliphatic rings. The van der Waals surface area contributed by atoms with Crippen molar-refractivity contribution in [3.8, 4) is 0 Å². The van der Waals surface area contributed by atoms with Gasteiger partial charge in [0.15, 0.2) is 0 Å². The third kappa shape index (κ3) is 0.538. The molecule has 0 fully saturated rings. The topological polar surface area (TPSA) is 46.2 Å². The Hall–Kier alpha value is -2.51. The van der Waals surface area contributed by atoms with Crippen LogP contribution in [-0.4, -0.2) is 5.91 Å². The Morgan fingerprint density at radius 2 is 2.00 bits per heavy atom. The predicted molar refractivity (Wildman–Crippen MR) is 34.2 cm³/mol. The summed E-state index contributed by atoms with van der Waals surface area (Å²) in [6.07, 6.45) is 0. The van der Waals surface area contributed by atoms with Crippen molar-refractivity contribution in [3.63, 3.8) is 0 Å². The second-order valence-corrected chi connectivity index (χ2v) is 11.9. The van der Waals surface area contributed by atoms with E-state index in [0.29, 0.717) is 5.56 Å². The maximum atomic E-state index is 11.3. The maximum absolute atomic E-state index is 11.3. The number of rotatable bonds is 0. The average molecular weight is 403 g/mol. The Kier molecular flexibility index (Phi) is 0.722. The number of amides is 1. The van der Waals surface area contributed by atoms with Gasteiger partial charge in [0.2, 0.25) is 0 Å². The number of hydrogen-bond acceptors (Lipinski definition) is 2. The number of fused-ring (bicyclic) bond motifs is 1. The Morgan fingerprint density at radius 1 is 1.27 bits per heavy atom. The van der Waals surface area contributed by atoms with E-state index in [-0.39, 0.29) is 5.91 Å². The summed E-state index contributed by atoms with van der Waals surface area (Å²) in [6, 6.07) is 7.88. The number of benzene rings is 1. The van der Waals surface area contributed by atoms with E-state index < -0.39 is 0 Å². The van der Waals surface area contributed by atoms with Crippen LogP contribution in [0.25, 0.3) is 0 Å². The first kappa shape index (κ1) is 5.29. The van der Waals surface area contributed by atoms with E-state index in [1.54, 1.807) is 18.2 Å². The first-order valence-corrected chi connectivity index (χ1v) is 12.6. The van der Waals surface area contributed by atoms with Gasteiger partial charge in [0.05, 0.1) is 0 Å². The molecular weight excluding hydrogens is 398 g/mol. The SMILES string of the molecule is O=C1[NH][Db](=[O])[c]2ccccc21. The van der Waals surface area contributed by atoms with Crippen LogP contribution in [0.3, 0.4) is 0 Å². The van der Waals surface area contributed by atoms with E-state index in [1.165, 1.54) is 0 Å². The zero-order valence-electron chi connectivity index (χ0n) is 5.83. The molecule has 1 aliphatic heterocycles. The second-order valence-electron chi connectivity index (χ2n) is 2.63. The van der Waals surface area contributed by atoms with Crippen molar-refractivity contribution >= 4 is 12.0 Å². The monoisotopic (exact) mass is 403 g/mol. The van der Waals surface area contributed by atoms with Crippen LogP contribution in [0.2, 0.25) is 0 Å². The minimum atomic E-state index is -3.26. The van der Waals surface area contributed by atoms with E-state index in [1.807, 2.05) is 6.07 Å².